The number of aryl methyl sites for hydroxylation is 1. The second-order valence-corrected chi connectivity index (χ2v) is 4.62. The van der Waals surface area contributed by atoms with Crippen molar-refractivity contribution in [3.05, 3.63) is 26.9 Å². The zero-order valence-corrected chi connectivity index (χ0v) is 10.3. The predicted molar refractivity (Wildman–Crippen MR) is 62.6 cm³/mol. The van der Waals surface area contributed by atoms with Gasteiger partial charge in [0.05, 0.1) is 6.33 Å². The summed E-state index contributed by atoms with van der Waals surface area (Å²) in [6.45, 7) is 4.94. The van der Waals surface area contributed by atoms with Gasteiger partial charge in [-0.15, -0.1) is 0 Å². The molecule has 0 saturated carbocycles. The van der Waals surface area contributed by atoms with Crippen molar-refractivity contribution in [2.45, 2.75) is 33.2 Å². The molecule has 0 aliphatic carbocycles. The number of halogens is 2. The molecule has 1 rings (SSSR count). The molecule has 0 aliphatic rings. The Morgan fingerprint density at radius 1 is 1.47 bits per heavy atom. The molecule has 5 heteroatoms. The van der Waals surface area contributed by atoms with E-state index in [1.165, 1.54) is 10.9 Å². The van der Waals surface area contributed by atoms with Crippen LogP contribution in [0.5, 0.6) is 0 Å². The van der Waals surface area contributed by atoms with Crippen molar-refractivity contribution in [3.8, 4) is 0 Å². The third-order valence-electron chi connectivity index (χ3n) is 2.12. The Hall–Kier alpha value is -0.540. The summed E-state index contributed by atoms with van der Waals surface area (Å²) in [6.07, 6.45) is 3.46. The third kappa shape index (κ3) is 3.50. The van der Waals surface area contributed by atoms with Crippen molar-refractivity contribution in [3.63, 3.8) is 0 Å². The average Bonchev–Trinajstić information content (AvgIpc) is 2.18. The van der Waals surface area contributed by atoms with Crippen molar-refractivity contribution in [2.75, 3.05) is 0 Å². The van der Waals surface area contributed by atoms with Gasteiger partial charge in [-0.2, -0.15) is 0 Å². The van der Waals surface area contributed by atoms with E-state index in [4.69, 9.17) is 23.2 Å². The summed E-state index contributed by atoms with van der Waals surface area (Å²) in [5, 5.41) is 0.0745. The first-order valence-corrected chi connectivity index (χ1v) is 5.68. The topological polar surface area (TPSA) is 34.9 Å². The molecule has 0 saturated heterocycles. The van der Waals surface area contributed by atoms with Crippen LogP contribution in [0.3, 0.4) is 0 Å². The summed E-state index contributed by atoms with van der Waals surface area (Å²) in [7, 11) is 0. The van der Waals surface area contributed by atoms with Crippen LogP contribution in [0.15, 0.2) is 11.1 Å². The fourth-order valence-corrected chi connectivity index (χ4v) is 1.55. The molecule has 0 N–H and O–H groups in total. The van der Waals surface area contributed by atoms with Crippen LogP contribution in [0.4, 0.5) is 0 Å². The van der Waals surface area contributed by atoms with Crippen molar-refractivity contribution in [1.29, 1.82) is 0 Å². The van der Waals surface area contributed by atoms with Crippen LogP contribution in [-0.2, 0) is 6.54 Å². The minimum Gasteiger partial charge on any atom is -0.298 e. The third-order valence-corrected chi connectivity index (χ3v) is 2.84. The van der Waals surface area contributed by atoms with Gasteiger partial charge >= 0.3 is 0 Å². The largest absolute Gasteiger partial charge is 0.298 e. The number of hydrogen-bond donors (Lipinski definition) is 0. The van der Waals surface area contributed by atoms with Crippen molar-refractivity contribution in [2.24, 2.45) is 5.92 Å². The van der Waals surface area contributed by atoms with Gasteiger partial charge in [0.15, 0.2) is 5.15 Å². The lowest BCUT2D eigenvalue weighted by atomic mass is 10.1. The number of nitrogens with zero attached hydrogens (tertiary/aromatic N) is 2. The van der Waals surface area contributed by atoms with Crippen LogP contribution in [0, 0.1) is 5.92 Å². The Morgan fingerprint density at radius 2 is 2.13 bits per heavy atom. The van der Waals surface area contributed by atoms with Crippen molar-refractivity contribution >= 4 is 23.2 Å². The van der Waals surface area contributed by atoms with E-state index in [1.807, 2.05) is 0 Å². The van der Waals surface area contributed by atoms with Gasteiger partial charge in [-0.05, 0) is 18.8 Å². The highest BCUT2D eigenvalue weighted by Gasteiger charge is 2.06. The summed E-state index contributed by atoms with van der Waals surface area (Å²) in [4.78, 5) is 15.4. The first-order valence-electron chi connectivity index (χ1n) is 4.92. The SMILES string of the molecule is CC(C)CCCn1cnc(Cl)c(Cl)c1=O. The fourth-order valence-electron chi connectivity index (χ4n) is 1.27. The van der Waals surface area contributed by atoms with Crippen LogP contribution >= 0.6 is 23.2 Å². The van der Waals surface area contributed by atoms with Gasteiger partial charge in [0.25, 0.3) is 5.56 Å². The van der Waals surface area contributed by atoms with Gasteiger partial charge in [0, 0.05) is 6.54 Å². The molecule has 1 aromatic rings. The molecular formula is C10H14Cl2N2O. The second-order valence-electron chi connectivity index (χ2n) is 3.88. The Balaban J connectivity index is 2.71. The summed E-state index contributed by atoms with van der Waals surface area (Å²) in [5.41, 5.74) is -0.263. The molecule has 0 bridgehead atoms. The molecule has 0 spiro atoms. The normalized spacial score (nSPS) is 11.0. The minimum absolute atomic E-state index is 0.00344. The maximum atomic E-state index is 11.6. The summed E-state index contributed by atoms with van der Waals surface area (Å²) >= 11 is 11.3. The maximum Gasteiger partial charge on any atom is 0.273 e. The smallest absolute Gasteiger partial charge is 0.273 e. The molecule has 84 valence electrons. The molecule has 3 nitrogen and oxygen atoms in total. The van der Waals surface area contributed by atoms with Crippen LogP contribution in [0.1, 0.15) is 26.7 Å². The molecule has 1 heterocycles. The van der Waals surface area contributed by atoms with Gasteiger partial charge in [-0.3, -0.25) is 9.36 Å². The molecule has 1 aromatic heterocycles. The lowest BCUT2D eigenvalue weighted by Crippen LogP contribution is -2.21. The molecule has 0 aromatic carbocycles. The van der Waals surface area contributed by atoms with E-state index in [0.29, 0.717) is 12.5 Å². The summed E-state index contributed by atoms with van der Waals surface area (Å²) in [5.74, 6) is 0.636. The van der Waals surface area contributed by atoms with E-state index in [0.717, 1.165) is 12.8 Å². The van der Waals surface area contributed by atoms with Crippen LogP contribution < -0.4 is 5.56 Å². The van der Waals surface area contributed by atoms with E-state index in [9.17, 15) is 4.79 Å². The molecule has 0 amide bonds. The summed E-state index contributed by atoms with van der Waals surface area (Å²) < 4.78 is 1.50. The van der Waals surface area contributed by atoms with Crippen molar-refractivity contribution in [1.82, 2.24) is 9.55 Å². The van der Waals surface area contributed by atoms with E-state index >= 15 is 0 Å². The first-order chi connectivity index (χ1) is 7.02. The first kappa shape index (κ1) is 12.5. The van der Waals surface area contributed by atoms with Crippen molar-refractivity contribution < 1.29 is 0 Å². The number of rotatable bonds is 4. The monoisotopic (exact) mass is 248 g/mol. The lowest BCUT2D eigenvalue weighted by molar-refractivity contribution is 0.503. The lowest BCUT2D eigenvalue weighted by Gasteiger charge is -2.07. The van der Waals surface area contributed by atoms with Gasteiger partial charge < -0.3 is 0 Å². The highest BCUT2D eigenvalue weighted by molar-refractivity contribution is 6.40. The Labute approximate surface area is 99.0 Å². The Kier molecular flexibility index (Phi) is 4.61. The van der Waals surface area contributed by atoms with Gasteiger partial charge in [0.1, 0.15) is 5.02 Å². The molecule has 0 unspecified atom stereocenters. The minimum atomic E-state index is -0.263. The second kappa shape index (κ2) is 5.52. The molecule has 0 radical (unpaired) electrons. The van der Waals surface area contributed by atoms with Crippen LogP contribution in [-0.4, -0.2) is 9.55 Å². The molecule has 15 heavy (non-hydrogen) atoms. The quantitative estimate of drug-likeness (QED) is 0.769. The molecule has 0 atom stereocenters. The predicted octanol–water partition coefficient (Wildman–Crippen LogP) is 2.99. The molecule has 0 aliphatic heterocycles. The van der Waals surface area contributed by atoms with E-state index < -0.39 is 0 Å². The Bertz CT molecular complexity index is 387. The van der Waals surface area contributed by atoms with E-state index in [2.05, 4.69) is 18.8 Å². The van der Waals surface area contributed by atoms with Crippen LogP contribution in [0.2, 0.25) is 10.2 Å². The number of hydrogen-bond acceptors (Lipinski definition) is 2. The summed E-state index contributed by atoms with van der Waals surface area (Å²) in [6, 6.07) is 0. The number of aromatic nitrogens is 2. The fraction of sp³-hybridized carbons (Fsp3) is 0.600. The molecular weight excluding hydrogens is 235 g/mol. The standard InChI is InChI=1S/C10H14Cl2N2O/c1-7(2)4-3-5-14-6-13-9(12)8(11)10(14)15/h6-7H,3-5H2,1-2H3. The Morgan fingerprint density at radius 3 is 2.73 bits per heavy atom. The average molecular weight is 249 g/mol. The zero-order valence-electron chi connectivity index (χ0n) is 8.83. The van der Waals surface area contributed by atoms with E-state index in [1.54, 1.807) is 0 Å². The van der Waals surface area contributed by atoms with Crippen LogP contribution in [0.25, 0.3) is 0 Å². The highest BCUT2D eigenvalue weighted by atomic mass is 35.5. The van der Waals surface area contributed by atoms with Gasteiger partial charge in [-0.1, -0.05) is 37.0 Å². The zero-order chi connectivity index (χ0) is 11.4. The molecule has 0 fully saturated rings. The van der Waals surface area contributed by atoms with Gasteiger partial charge in [-0.25, -0.2) is 4.98 Å². The highest BCUT2D eigenvalue weighted by Crippen LogP contribution is 2.13. The van der Waals surface area contributed by atoms with E-state index in [-0.39, 0.29) is 15.7 Å². The maximum absolute atomic E-state index is 11.6. The van der Waals surface area contributed by atoms with Gasteiger partial charge in [0.2, 0.25) is 0 Å².